The van der Waals surface area contributed by atoms with Crippen molar-refractivity contribution in [1.82, 2.24) is 0 Å². The first-order valence-corrected chi connectivity index (χ1v) is 11.4. The standard InChI is InChI=1S/C23H45NO4/c1-6-7-12-15-20(2)16-13-10-8-9-11-14-17-23(27)28-21(18-22(25)26)19-24(3,4)5/h20-21H,6-19H2,1-5H3/p+1. The zero-order valence-corrected chi connectivity index (χ0v) is 19.2. The van der Waals surface area contributed by atoms with Crippen molar-refractivity contribution in [2.45, 2.75) is 103 Å². The maximum Gasteiger partial charge on any atom is 0.307 e. The fourth-order valence-electron chi connectivity index (χ4n) is 3.55. The molecule has 0 saturated heterocycles. The maximum absolute atomic E-state index is 12.0. The molecule has 1 N–H and O–H groups in total. The lowest BCUT2D eigenvalue weighted by Crippen LogP contribution is -2.43. The van der Waals surface area contributed by atoms with E-state index in [-0.39, 0.29) is 12.4 Å². The lowest BCUT2D eigenvalue weighted by atomic mass is 9.96. The van der Waals surface area contributed by atoms with Crippen LogP contribution in [0.4, 0.5) is 0 Å². The number of carbonyl (C=O) groups is 2. The van der Waals surface area contributed by atoms with E-state index in [0.29, 0.717) is 17.4 Å². The summed E-state index contributed by atoms with van der Waals surface area (Å²) in [6.07, 6.45) is 13.3. The number of nitrogens with zero attached hydrogens (tertiary/aromatic N) is 1. The summed E-state index contributed by atoms with van der Waals surface area (Å²) < 4.78 is 5.99. The predicted octanol–water partition coefficient (Wildman–Crippen LogP) is 5.42. The fourth-order valence-corrected chi connectivity index (χ4v) is 3.55. The molecular formula is C23H46NO4+. The Balaban J connectivity index is 3.75. The highest BCUT2D eigenvalue weighted by Gasteiger charge is 2.24. The zero-order valence-electron chi connectivity index (χ0n) is 19.2. The van der Waals surface area contributed by atoms with E-state index >= 15 is 0 Å². The second kappa shape index (κ2) is 15.8. The molecule has 0 fully saturated rings. The van der Waals surface area contributed by atoms with E-state index < -0.39 is 12.1 Å². The quantitative estimate of drug-likeness (QED) is 0.190. The molecule has 166 valence electrons. The highest BCUT2D eigenvalue weighted by Crippen LogP contribution is 2.18. The molecule has 2 unspecified atom stereocenters. The number of quaternary nitrogens is 1. The number of likely N-dealkylation sites (N-methyl/N-ethyl adjacent to an activating group) is 1. The largest absolute Gasteiger partial charge is 0.481 e. The van der Waals surface area contributed by atoms with E-state index in [1.807, 2.05) is 21.1 Å². The molecule has 0 aromatic carbocycles. The van der Waals surface area contributed by atoms with Gasteiger partial charge in [0.2, 0.25) is 0 Å². The van der Waals surface area contributed by atoms with Crippen LogP contribution in [0.3, 0.4) is 0 Å². The van der Waals surface area contributed by atoms with Crippen LogP contribution in [0.1, 0.15) is 97.3 Å². The van der Waals surface area contributed by atoms with Gasteiger partial charge >= 0.3 is 11.9 Å². The Morgan fingerprint density at radius 2 is 1.43 bits per heavy atom. The maximum atomic E-state index is 12.0. The van der Waals surface area contributed by atoms with Crippen LogP contribution >= 0.6 is 0 Å². The van der Waals surface area contributed by atoms with Crippen LogP contribution in [0.5, 0.6) is 0 Å². The van der Waals surface area contributed by atoms with Gasteiger partial charge in [0.1, 0.15) is 6.54 Å². The summed E-state index contributed by atoms with van der Waals surface area (Å²) in [6, 6.07) is 0. The summed E-state index contributed by atoms with van der Waals surface area (Å²) in [5.41, 5.74) is 0. The molecule has 0 radical (unpaired) electrons. The van der Waals surface area contributed by atoms with Crippen LogP contribution in [0.2, 0.25) is 0 Å². The summed E-state index contributed by atoms with van der Waals surface area (Å²) in [5, 5.41) is 9.00. The van der Waals surface area contributed by atoms with Crippen LogP contribution in [0.25, 0.3) is 0 Å². The first-order valence-electron chi connectivity index (χ1n) is 11.4. The molecule has 5 nitrogen and oxygen atoms in total. The number of rotatable bonds is 18. The minimum atomic E-state index is -0.925. The Bertz CT molecular complexity index is 417. The van der Waals surface area contributed by atoms with Crippen molar-refractivity contribution in [2.24, 2.45) is 5.92 Å². The first-order chi connectivity index (χ1) is 13.1. The van der Waals surface area contributed by atoms with Gasteiger partial charge in [-0.2, -0.15) is 0 Å². The molecule has 0 amide bonds. The molecule has 0 aliphatic heterocycles. The van der Waals surface area contributed by atoms with Crippen molar-refractivity contribution >= 4 is 11.9 Å². The van der Waals surface area contributed by atoms with Crippen molar-refractivity contribution in [3.8, 4) is 0 Å². The van der Waals surface area contributed by atoms with E-state index in [2.05, 4.69) is 13.8 Å². The van der Waals surface area contributed by atoms with Gasteiger partial charge in [0.05, 0.1) is 27.6 Å². The van der Waals surface area contributed by atoms with Gasteiger partial charge in [0, 0.05) is 6.42 Å². The minimum absolute atomic E-state index is 0.127. The molecule has 28 heavy (non-hydrogen) atoms. The monoisotopic (exact) mass is 400 g/mol. The molecule has 5 heteroatoms. The molecule has 0 spiro atoms. The number of carboxylic acids is 1. The average Bonchev–Trinajstić information content (AvgIpc) is 2.55. The van der Waals surface area contributed by atoms with Gasteiger partial charge in [-0.1, -0.05) is 78.1 Å². The van der Waals surface area contributed by atoms with E-state index in [4.69, 9.17) is 9.84 Å². The Kier molecular flexibility index (Phi) is 15.2. The normalized spacial score (nSPS) is 13.9. The number of hydrogen-bond donors (Lipinski definition) is 1. The van der Waals surface area contributed by atoms with E-state index in [9.17, 15) is 9.59 Å². The molecule has 0 rings (SSSR count). The number of unbranched alkanes of at least 4 members (excludes halogenated alkanes) is 7. The second-order valence-electron chi connectivity index (χ2n) is 9.44. The van der Waals surface area contributed by atoms with E-state index in [0.717, 1.165) is 25.2 Å². The van der Waals surface area contributed by atoms with Gasteiger partial charge in [0.15, 0.2) is 6.10 Å². The van der Waals surface area contributed by atoms with Crippen LogP contribution in [0.15, 0.2) is 0 Å². The van der Waals surface area contributed by atoms with Crippen molar-refractivity contribution in [3.05, 3.63) is 0 Å². The predicted molar refractivity (Wildman–Crippen MR) is 115 cm³/mol. The number of carbonyl (C=O) groups excluding carboxylic acids is 1. The van der Waals surface area contributed by atoms with Gasteiger partial charge in [-0.25, -0.2) is 0 Å². The van der Waals surface area contributed by atoms with Crippen LogP contribution in [-0.2, 0) is 14.3 Å². The minimum Gasteiger partial charge on any atom is -0.481 e. The van der Waals surface area contributed by atoms with Crippen LogP contribution < -0.4 is 0 Å². The third kappa shape index (κ3) is 18.3. The molecule has 0 bridgehead atoms. The Morgan fingerprint density at radius 1 is 0.893 bits per heavy atom. The van der Waals surface area contributed by atoms with E-state index in [1.54, 1.807) is 0 Å². The molecule has 2 atom stereocenters. The Morgan fingerprint density at radius 3 is 1.96 bits per heavy atom. The molecule has 0 saturated carbocycles. The number of esters is 1. The van der Waals surface area contributed by atoms with Gasteiger partial charge in [-0.15, -0.1) is 0 Å². The Hall–Kier alpha value is -1.10. The van der Waals surface area contributed by atoms with Crippen molar-refractivity contribution in [2.75, 3.05) is 27.7 Å². The summed E-state index contributed by atoms with van der Waals surface area (Å²) in [7, 11) is 5.90. The third-order valence-corrected chi connectivity index (χ3v) is 5.08. The van der Waals surface area contributed by atoms with E-state index in [1.165, 1.54) is 51.4 Å². The van der Waals surface area contributed by atoms with Crippen molar-refractivity contribution in [3.63, 3.8) is 0 Å². The smallest absolute Gasteiger partial charge is 0.307 e. The van der Waals surface area contributed by atoms with Crippen LogP contribution in [0, 0.1) is 5.92 Å². The number of aliphatic carboxylic acids is 1. The topological polar surface area (TPSA) is 63.6 Å². The number of carboxylic acid groups (broad SMARTS) is 1. The Labute approximate surface area is 173 Å². The SMILES string of the molecule is CCCCCC(C)CCCCCCCCC(=O)OC(CC(=O)O)C[N+](C)(C)C. The highest BCUT2D eigenvalue weighted by molar-refractivity contribution is 5.71. The summed E-state index contributed by atoms with van der Waals surface area (Å²) in [6.45, 7) is 5.14. The van der Waals surface area contributed by atoms with Gasteiger partial charge in [-0.3, -0.25) is 9.59 Å². The number of hydrogen-bond acceptors (Lipinski definition) is 3. The molecule has 0 aliphatic carbocycles. The second-order valence-corrected chi connectivity index (χ2v) is 9.44. The van der Waals surface area contributed by atoms with Gasteiger partial charge in [0.25, 0.3) is 0 Å². The van der Waals surface area contributed by atoms with Gasteiger partial charge < -0.3 is 14.3 Å². The third-order valence-electron chi connectivity index (χ3n) is 5.08. The molecule has 0 aliphatic rings. The van der Waals surface area contributed by atoms with Crippen molar-refractivity contribution < 1.29 is 23.9 Å². The zero-order chi connectivity index (χ0) is 21.4. The molecular weight excluding hydrogens is 354 g/mol. The van der Waals surface area contributed by atoms with Crippen LogP contribution in [-0.4, -0.2) is 55.3 Å². The summed E-state index contributed by atoms with van der Waals surface area (Å²) in [5.74, 6) is -0.335. The van der Waals surface area contributed by atoms with Crippen molar-refractivity contribution in [1.29, 1.82) is 0 Å². The highest BCUT2D eigenvalue weighted by atomic mass is 16.5. The molecule has 0 heterocycles. The summed E-state index contributed by atoms with van der Waals surface area (Å²) >= 11 is 0. The molecule has 0 aromatic heterocycles. The average molecular weight is 401 g/mol. The lowest BCUT2D eigenvalue weighted by Gasteiger charge is -2.28. The number of ether oxygens (including phenoxy) is 1. The lowest BCUT2D eigenvalue weighted by molar-refractivity contribution is -0.873. The molecule has 0 aromatic rings. The summed E-state index contributed by atoms with van der Waals surface area (Å²) in [4.78, 5) is 23.0. The first kappa shape index (κ1) is 26.9. The van der Waals surface area contributed by atoms with Gasteiger partial charge in [-0.05, 0) is 12.3 Å². The fraction of sp³-hybridized carbons (Fsp3) is 0.913.